The van der Waals surface area contributed by atoms with Crippen LogP contribution >= 0.6 is 0 Å². The van der Waals surface area contributed by atoms with E-state index >= 15 is 0 Å². The number of nitrogens with zero attached hydrogens (tertiary/aromatic N) is 4. The summed E-state index contributed by atoms with van der Waals surface area (Å²) < 4.78 is 1.97. The van der Waals surface area contributed by atoms with E-state index in [1.54, 1.807) is 12.3 Å². The monoisotopic (exact) mass is 298 g/mol. The third-order valence-corrected chi connectivity index (χ3v) is 4.43. The van der Waals surface area contributed by atoms with Crippen molar-refractivity contribution in [2.45, 2.75) is 18.9 Å². The molecule has 1 saturated heterocycles. The van der Waals surface area contributed by atoms with Gasteiger partial charge in [0, 0.05) is 25.4 Å². The minimum Gasteiger partial charge on any atom is -0.339 e. The van der Waals surface area contributed by atoms with Gasteiger partial charge in [-0.25, -0.2) is 4.98 Å². The SMILES string of the molecule is CN1CCC(N(C)C(=O)/C=C/c2cnc3ccccn23)CC1. The fourth-order valence-corrected chi connectivity index (χ4v) is 2.91. The summed E-state index contributed by atoms with van der Waals surface area (Å²) in [5.41, 5.74) is 1.80. The minimum atomic E-state index is 0.0560. The molecule has 5 heteroatoms. The number of pyridine rings is 1. The van der Waals surface area contributed by atoms with Gasteiger partial charge in [-0.05, 0) is 51.2 Å². The normalized spacial score (nSPS) is 17.4. The molecule has 1 aliphatic rings. The van der Waals surface area contributed by atoms with Gasteiger partial charge in [-0.2, -0.15) is 0 Å². The highest BCUT2D eigenvalue weighted by atomic mass is 16.2. The van der Waals surface area contributed by atoms with Gasteiger partial charge in [0.25, 0.3) is 0 Å². The van der Waals surface area contributed by atoms with Crippen molar-refractivity contribution in [3.63, 3.8) is 0 Å². The topological polar surface area (TPSA) is 40.8 Å². The van der Waals surface area contributed by atoms with Crippen LogP contribution < -0.4 is 0 Å². The Kier molecular flexibility index (Phi) is 4.24. The lowest BCUT2D eigenvalue weighted by atomic mass is 10.0. The summed E-state index contributed by atoms with van der Waals surface area (Å²) in [6, 6.07) is 6.20. The lowest BCUT2D eigenvalue weighted by Gasteiger charge is -2.34. The van der Waals surface area contributed by atoms with Crippen molar-refractivity contribution in [3.05, 3.63) is 42.4 Å². The number of aromatic nitrogens is 2. The number of amides is 1. The first-order valence-electron chi connectivity index (χ1n) is 7.70. The molecule has 0 atom stereocenters. The Labute approximate surface area is 130 Å². The van der Waals surface area contributed by atoms with E-state index in [4.69, 9.17) is 0 Å². The quantitative estimate of drug-likeness (QED) is 0.813. The van der Waals surface area contributed by atoms with Gasteiger partial charge in [0.1, 0.15) is 5.65 Å². The fourth-order valence-electron chi connectivity index (χ4n) is 2.91. The average molecular weight is 298 g/mol. The van der Waals surface area contributed by atoms with Crippen LogP contribution in [0.4, 0.5) is 0 Å². The van der Waals surface area contributed by atoms with Crippen molar-refractivity contribution in [2.24, 2.45) is 0 Å². The molecular formula is C17H22N4O. The van der Waals surface area contributed by atoms with E-state index in [1.807, 2.05) is 46.8 Å². The number of hydrogen-bond acceptors (Lipinski definition) is 3. The molecule has 116 valence electrons. The largest absolute Gasteiger partial charge is 0.339 e. The Hall–Kier alpha value is -2.14. The van der Waals surface area contributed by atoms with E-state index < -0.39 is 0 Å². The smallest absolute Gasteiger partial charge is 0.246 e. The summed E-state index contributed by atoms with van der Waals surface area (Å²) in [7, 11) is 4.03. The standard InChI is InChI=1S/C17H22N4O/c1-19-11-8-14(9-12-19)20(2)17(22)7-6-15-13-18-16-5-3-4-10-21(15)16/h3-7,10,13-14H,8-9,11-12H2,1-2H3/b7-6+. The zero-order valence-corrected chi connectivity index (χ0v) is 13.1. The van der Waals surface area contributed by atoms with Crippen LogP contribution in [0.5, 0.6) is 0 Å². The van der Waals surface area contributed by atoms with Crippen LogP contribution in [0.2, 0.25) is 0 Å². The van der Waals surface area contributed by atoms with E-state index in [1.165, 1.54) is 0 Å². The molecule has 0 saturated carbocycles. The van der Waals surface area contributed by atoms with Gasteiger partial charge in [0.2, 0.25) is 5.91 Å². The van der Waals surface area contributed by atoms with Crippen LogP contribution in [0.3, 0.4) is 0 Å². The molecule has 0 radical (unpaired) electrons. The van der Waals surface area contributed by atoms with Gasteiger partial charge in [-0.3, -0.25) is 4.79 Å². The summed E-state index contributed by atoms with van der Waals surface area (Å²) in [4.78, 5) is 20.8. The predicted octanol–water partition coefficient (Wildman–Crippen LogP) is 1.90. The Bertz CT molecular complexity index is 683. The first-order valence-corrected chi connectivity index (χ1v) is 7.70. The summed E-state index contributed by atoms with van der Waals surface area (Å²) in [6.45, 7) is 2.11. The van der Waals surface area contributed by atoms with Gasteiger partial charge in [0.05, 0.1) is 11.9 Å². The number of likely N-dealkylation sites (N-methyl/N-ethyl adjacent to an activating group) is 1. The predicted molar refractivity (Wildman–Crippen MR) is 87.5 cm³/mol. The van der Waals surface area contributed by atoms with Gasteiger partial charge >= 0.3 is 0 Å². The molecule has 2 aromatic rings. The fraction of sp³-hybridized carbons (Fsp3) is 0.412. The molecule has 2 aromatic heterocycles. The van der Waals surface area contributed by atoms with Gasteiger partial charge in [-0.15, -0.1) is 0 Å². The summed E-state index contributed by atoms with van der Waals surface area (Å²) >= 11 is 0. The van der Waals surface area contributed by atoms with Crippen molar-refractivity contribution in [1.82, 2.24) is 19.2 Å². The second-order valence-corrected chi connectivity index (χ2v) is 5.93. The number of piperidine rings is 1. The number of rotatable bonds is 3. The van der Waals surface area contributed by atoms with Crippen LogP contribution in [0, 0.1) is 0 Å². The molecule has 0 unspecified atom stereocenters. The van der Waals surface area contributed by atoms with Gasteiger partial charge in [-0.1, -0.05) is 6.07 Å². The van der Waals surface area contributed by atoms with Crippen molar-refractivity contribution in [2.75, 3.05) is 27.2 Å². The summed E-state index contributed by atoms with van der Waals surface area (Å²) in [5, 5.41) is 0. The first-order chi connectivity index (χ1) is 10.6. The molecular weight excluding hydrogens is 276 g/mol. The number of hydrogen-bond donors (Lipinski definition) is 0. The average Bonchev–Trinajstić information content (AvgIpc) is 2.96. The van der Waals surface area contributed by atoms with E-state index in [2.05, 4.69) is 16.9 Å². The van der Waals surface area contributed by atoms with Gasteiger partial charge in [0.15, 0.2) is 0 Å². The minimum absolute atomic E-state index is 0.0560. The first kappa shape index (κ1) is 14.8. The third-order valence-electron chi connectivity index (χ3n) is 4.43. The van der Waals surface area contributed by atoms with Crippen LogP contribution in [0.25, 0.3) is 11.7 Å². The van der Waals surface area contributed by atoms with E-state index in [-0.39, 0.29) is 5.91 Å². The number of fused-ring (bicyclic) bond motifs is 1. The Morgan fingerprint density at radius 3 is 2.91 bits per heavy atom. The lowest BCUT2D eigenvalue weighted by Crippen LogP contribution is -2.43. The molecule has 22 heavy (non-hydrogen) atoms. The number of likely N-dealkylation sites (tertiary alicyclic amines) is 1. The highest BCUT2D eigenvalue weighted by Crippen LogP contribution is 2.15. The highest BCUT2D eigenvalue weighted by Gasteiger charge is 2.22. The van der Waals surface area contributed by atoms with Crippen LogP contribution in [-0.4, -0.2) is 58.3 Å². The third kappa shape index (κ3) is 3.04. The van der Waals surface area contributed by atoms with Crippen molar-refractivity contribution >= 4 is 17.6 Å². The van der Waals surface area contributed by atoms with E-state index in [0.29, 0.717) is 6.04 Å². The molecule has 1 aliphatic heterocycles. The Morgan fingerprint density at radius 1 is 1.36 bits per heavy atom. The van der Waals surface area contributed by atoms with Crippen LogP contribution in [0.1, 0.15) is 18.5 Å². The molecule has 1 fully saturated rings. The zero-order valence-electron chi connectivity index (χ0n) is 13.1. The van der Waals surface area contributed by atoms with Gasteiger partial charge < -0.3 is 14.2 Å². The van der Waals surface area contributed by atoms with Crippen molar-refractivity contribution in [1.29, 1.82) is 0 Å². The van der Waals surface area contributed by atoms with Crippen LogP contribution in [-0.2, 0) is 4.79 Å². The maximum Gasteiger partial charge on any atom is 0.246 e. The maximum absolute atomic E-state index is 12.4. The van der Waals surface area contributed by atoms with Crippen molar-refractivity contribution < 1.29 is 4.79 Å². The molecule has 0 N–H and O–H groups in total. The molecule has 0 aliphatic carbocycles. The molecule has 0 spiro atoms. The number of carbonyl (C=O) groups excluding carboxylic acids is 1. The molecule has 0 bridgehead atoms. The second kappa shape index (κ2) is 6.32. The van der Waals surface area contributed by atoms with E-state index in [0.717, 1.165) is 37.3 Å². The molecule has 5 nitrogen and oxygen atoms in total. The number of imidazole rings is 1. The van der Waals surface area contributed by atoms with E-state index in [9.17, 15) is 4.79 Å². The Morgan fingerprint density at radius 2 is 2.14 bits per heavy atom. The molecule has 1 amide bonds. The maximum atomic E-state index is 12.4. The number of carbonyl (C=O) groups is 1. The highest BCUT2D eigenvalue weighted by molar-refractivity contribution is 5.91. The molecule has 3 rings (SSSR count). The van der Waals surface area contributed by atoms with Crippen LogP contribution in [0.15, 0.2) is 36.7 Å². The van der Waals surface area contributed by atoms with Crippen molar-refractivity contribution in [3.8, 4) is 0 Å². The lowest BCUT2D eigenvalue weighted by molar-refractivity contribution is -0.127. The molecule has 0 aromatic carbocycles. The Balaban J connectivity index is 1.68. The molecule has 3 heterocycles. The second-order valence-electron chi connectivity index (χ2n) is 5.93. The summed E-state index contributed by atoms with van der Waals surface area (Å²) in [5.74, 6) is 0.0560. The zero-order chi connectivity index (χ0) is 15.5. The summed E-state index contributed by atoms with van der Waals surface area (Å²) in [6.07, 6.45) is 9.31.